The van der Waals surface area contributed by atoms with Crippen LogP contribution in [0.15, 0.2) is 54.3 Å². The van der Waals surface area contributed by atoms with Crippen molar-refractivity contribution < 1.29 is 23.5 Å². The van der Waals surface area contributed by atoms with E-state index in [0.717, 1.165) is 5.56 Å². The van der Waals surface area contributed by atoms with Gasteiger partial charge in [0.25, 0.3) is 8.32 Å². The van der Waals surface area contributed by atoms with E-state index in [9.17, 15) is 9.59 Å². The third-order valence-corrected chi connectivity index (χ3v) is 12.8. The Balaban J connectivity index is 4.02. The number of rotatable bonds is 12. The van der Waals surface area contributed by atoms with E-state index in [1.165, 1.54) is 14.2 Å². The lowest BCUT2D eigenvalue weighted by Crippen LogP contribution is -2.48. The van der Waals surface area contributed by atoms with E-state index in [-0.39, 0.29) is 6.42 Å². The molecule has 0 aromatic heterocycles. The second-order valence-corrected chi connectivity index (χ2v) is 15.1. The molecule has 0 aliphatic heterocycles. The summed E-state index contributed by atoms with van der Waals surface area (Å²) < 4.78 is 17.2. The smallest absolute Gasteiger partial charge is 0.325 e. The van der Waals surface area contributed by atoms with Gasteiger partial charge in [0.15, 0.2) is 5.41 Å². The first-order valence-electron chi connectivity index (χ1n) is 12.2. The number of hydrogen-bond donors (Lipinski definition) is 0. The molecule has 1 rings (SSSR count). The Labute approximate surface area is 213 Å². The largest absolute Gasteiger partial charge is 0.543 e. The van der Waals surface area contributed by atoms with Crippen LogP contribution in [0.4, 0.5) is 0 Å². The number of ether oxygens (including phenoxy) is 2. The van der Waals surface area contributed by atoms with E-state index in [2.05, 4.69) is 47.5 Å². The predicted octanol–water partition coefficient (Wildman–Crippen LogP) is 6.78. The van der Waals surface area contributed by atoms with Crippen LogP contribution in [-0.2, 0) is 23.5 Å². The van der Waals surface area contributed by atoms with Crippen LogP contribution in [0.3, 0.4) is 0 Å². The summed E-state index contributed by atoms with van der Waals surface area (Å²) >= 11 is 0. The molecule has 1 aromatic rings. The highest BCUT2D eigenvalue weighted by Crippen LogP contribution is 2.46. The van der Waals surface area contributed by atoms with Gasteiger partial charge < -0.3 is 13.9 Å². The highest BCUT2D eigenvalue weighted by molar-refractivity contribution is 6.77. The fourth-order valence-electron chi connectivity index (χ4n) is 5.31. The molecule has 1 atom stereocenters. The van der Waals surface area contributed by atoms with Crippen LogP contribution in [0.2, 0.25) is 16.6 Å². The van der Waals surface area contributed by atoms with Gasteiger partial charge in [-0.05, 0) is 41.3 Å². The maximum atomic E-state index is 13.3. The Bertz CT molecular complexity index is 900. The molecule has 1 unspecified atom stereocenters. The van der Waals surface area contributed by atoms with E-state index < -0.39 is 31.6 Å². The van der Waals surface area contributed by atoms with E-state index in [1.54, 1.807) is 0 Å². The van der Waals surface area contributed by atoms with Crippen molar-refractivity contribution in [2.24, 2.45) is 5.41 Å². The molecule has 0 spiro atoms. The van der Waals surface area contributed by atoms with Crippen molar-refractivity contribution in [1.29, 1.82) is 0 Å². The minimum absolute atomic E-state index is 0.188. The van der Waals surface area contributed by atoms with Gasteiger partial charge in [0, 0.05) is 12.3 Å². The van der Waals surface area contributed by atoms with Gasteiger partial charge in [0.1, 0.15) is 0 Å². The van der Waals surface area contributed by atoms with Crippen LogP contribution in [0.25, 0.3) is 0 Å². The number of methoxy groups -OCH3 is 2. The first kappa shape index (κ1) is 30.2. The van der Waals surface area contributed by atoms with Crippen molar-refractivity contribution in [3.8, 4) is 12.3 Å². The minimum atomic E-state index is -2.34. The highest BCUT2D eigenvalue weighted by Gasteiger charge is 2.55. The molecule has 192 valence electrons. The molecule has 1 aromatic carbocycles. The summed E-state index contributed by atoms with van der Waals surface area (Å²) in [6, 6.07) is 9.32. The molecule has 0 N–H and O–H groups in total. The number of carbonyl (C=O) groups is 2. The normalized spacial score (nSPS) is 13.7. The Hall–Kier alpha value is -2.78. The van der Waals surface area contributed by atoms with Crippen LogP contribution in [0.1, 0.15) is 66.4 Å². The summed E-state index contributed by atoms with van der Waals surface area (Å²) in [6.07, 6.45) is 11.1. The van der Waals surface area contributed by atoms with Crippen molar-refractivity contribution in [3.05, 3.63) is 59.9 Å². The summed E-state index contributed by atoms with van der Waals surface area (Å²) in [7, 11) is 0.163. The first-order chi connectivity index (χ1) is 16.5. The van der Waals surface area contributed by atoms with Crippen LogP contribution < -0.4 is 0 Å². The molecule has 0 fully saturated rings. The maximum Gasteiger partial charge on any atom is 0.325 e. The molecule has 0 aliphatic rings. The minimum Gasteiger partial charge on any atom is -0.543 e. The molecule has 0 amide bonds. The van der Waals surface area contributed by atoms with Crippen molar-refractivity contribution in [2.75, 3.05) is 14.2 Å². The Kier molecular flexibility index (Phi) is 11.5. The summed E-state index contributed by atoms with van der Waals surface area (Å²) in [5.74, 6) is 0.866. The molecular weight excluding hydrogens is 456 g/mol. The van der Waals surface area contributed by atoms with E-state index in [1.807, 2.05) is 55.5 Å². The van der Waals surface area contributed by atoms with Crippen molar-refractivity contribution >= 4 is 20.3 Å². The monoisotopic (exact) mass is 498 g/mol. The number of hydrogen-bond acceptors (Lipinski definition) is 5. The van der Waals surface area contributed by atoms with Crippen LogP contribution in [0, 0.1) is 17.8 Å². The van der Waals surface area contributed by atoms with Gasteiger partial charge >= 0.3 is 11.9 Å². The second-order valence-electron chi connectivity index (χ2n) is 9.71. The molecule has 35 heavy (non-hydrogen) atoms. The summed E-state index contributed by atoms with van der Waals surface area (Å²) in [5.41, 5.74) is -0.0304. The molecule has 0 heterocycles. The van der Waals surface area contributed by atoms with Gasteiger partial charge in [0.05, 0.1) is 20.0 Å². The van der Waals surface area contributed by atoms with Crippen molar-refractivity contribution in [1.82, 2.24) is 0 Å². The van der Waals surface area contributed by atoms with Crippen LogP contribution in [0.5, 0.6) is 0 Å². The molecular formula is C29H42O5Si. The SMILES string of the molecule is C#CCC(C(=O)OC)(C(=O)OC)C(/C=C(\C=C\C)O[Si](C(C)C)(C(C)C)C(C)C)c1ccccc1. The lowest BCUT2D eigenvalue weighted by Gasteiger charge is -2.43. The predicted molar refractivity (Wildman–Crippen MR) is 144 cm³/mol. The standard InChI is InChI=1S/C29H42O5Si/c1-11-16-25(34-35(21(3)4,22(5)6)23(7)8)20-26(24-17-14-13-15-18-24)29(19-12-2,27(30)32-9)28(31)33-10/h2,11,13-18,20-23,26H,19H2,1,3-10H3/b16-11+,25-20+. The topological polar surface area (TPSA) is 61.8 Å². The average Bonchev–Trinajstić information content (AvgIpc) is 2.83. The first-order valence-corrected chi connectivity index (χ1v) is 14.3. The Morgan fingerprint density at radius 2 is 1.46 bits per heavy atom. The molecule has 6 heteroatoms. The third-order valence-electron chi connectivity index (χ3n) is 6.83. The van der Waals surface area contributed by atoms with E-state index >= 15 is 0 Å². The Morgan fingerprint density at radius 1 is 0.971 bits per heavy atom. The van der Waals surface area contributed by atoms with Crippen molar-refractivity contribution in [3.63, 3.8) is 0 Å². The molecule has 0 aliphatic carbocycles. The lowest BCUT2D eigenvalue weighted by molar-refractivity contribution is -0.169. The summed E-state index contributed by atoms with van der Waals surface area (Å²) in [6.45, 7) is 15.2. The van der Waals surface area contributed by atoms with E-state index in [4.69, 9.17) is 20.3 Å². The van der Waals surface area contributed by atoms with Gasteiger partial charge in [0.2, 0.25) is 0 Å². The Morgan fingerprint density at radius 3 is 1.83 bits per heavy atom. The quantitative estimate of drug-likeness (QED) is 0.0794. The fraction of sp³-hybridized carbons (Fsp3) is 0.517. The van der Waals surface area contributed by atoms with Gasteiger partial charge in [-0.2, -0.15) is 0 Å². The van der Waals surface area contributed by atoms with Crippen molar-refractivity contribution in [2.45, 2.75) is 77.4 Å². The zero-order valence-corrected chi connectivity index (χ0v) is 23.8. The number of allylic oxidation sites excluding steroid dienone is 3. The van der Waals surface area contributed by atoms with Crippen LogP contribution >= 0.6 is 0 Å². The maximum absolute atomic E-state index is 13.3. The zero-order chi connectivity index (χ0) is 26.8. The molecule has 0 saturated carbocycles. The van der Waals surface area contributed by atoms with Gasteiger partial charge in [-0.15, -0.1) is 12.3 Å². The number of carbonyl (C=O) groups excluding carboxylic acids is 2. The number of terminal acetylenes is 1. The summed E-state index contributed by atoms with van der Waals surface area (Å²) in [5, 5.41) is 0. The number of esters is 2. The van der Waals surface area contributed by atoms with E-state index in [0.29, 0.717) is 22.4 Å². The van der Waals surface area contributed by atoms with Gasteiger partial charge in [-0.25, -0.2) is 0 Å². The summed E-state index contributed by atoms with van der Waals surface area (Å²) in [4.78, 5) is 26.6. The highest BCUT2D eigenvalue weighted by atomic mass is 28.4. The second kappa shape index (κ2) is 13.3. The third kappa shape index (κ3) is 6.27. The van der Waals surface area contributed by atoms with Crippen LogP contribution in [-0.4, -0.2) is 34.5 Å². The zero-order valence-electron chi connectivity index (χ0n) is 22.8. The average molecular weight is 499 g/mol. The lowest BCUT2D eigenvalue weighted by atomic mass is 9.69. The number of benzene rings is 1. The molecule has 0 saturated heterocycles. The van der Waals surface area contributed by atoms with Gasteiger partial charge in [-0.1, -0.05) is 78.0 Å². The molecule has 5 nitrogen and oxygen atoms in total. The fourth-order valence-corrected chi connectivity index (χ4v) is 10.6. The van der Waals surface area contributed by atoms with Gasteiger partial charge in [-0.3, -0.25) is 9.59 Å². The molecule has 0 radical (unpaired) electrons. The molecule has 0 bridgehead atoms.